The van der Waals surface area contributed by atoms with Gasteiger partial charge in [-0.25, -0.2) is 0 Å². The summed E-state index contributed by atoms with van der Waals surface area (Å²) >= 11 is 0. The first-order valence-electron chi connectivity index (χ1n) is 6.93. The van der Waals surface area contributed by atoms with Crippen LogP contribution in [0.15, 0.2) is 24.3 Å². The number of anilines is 1. The van der Waals surface area contributed by atoms with Gasteiger partial charge in [-0.1, -0.05) is 17.7 Å². The summed E-state index contributed by atoms with van der Waals surface area (Å²) in [4.78, 5) is 11.7. The molecule has 1 aromatic carbocycles. The molecular formula is C15H22N2O2. The Labute approximate surface area is 114 Å². The Kier molecular flexibility index (Phi) is 5.36. The number of hydrogen-bond donors (Lipinski definition) is 2. The molecule has 0 saturated carbocycles. The van der Waals surface area contributed by atoms with Crippen LogP contribution in [0.3, 0.4) is 0 Å². The molecule has 0 spiro atoms. The van der Waals surface area contributed by atoms with Crippen LogP contribution in [0.1, 0.15) is 24.8 Å². The summed E-state index contributed by atoms with van der Waals surface area (Å²) in [6.45, 7) is 4.44. The van der Waals surface area contributed by atoms with Crippen molar-refractivity contribution in [1.29, 1.82) is 0 Å². The summed E-state index contributed by atoms with van der Waals surface area (Å²) in [5.74, 6) is 0.0451. The number of amides is 1. The van der Waals surface area contributed by atoms with Crippen LogP contribution in [0.4, 0.5) is 5.69 Å². The predicted octanol–water partition coefficient (Wildman–Crippen LogP) is 2.09. The van der Waals surface area contributed by atoms with Gasteiger partial charge in [0.05, 0.1) is 6.10 Å². The van der Waals surface area contributed by atoms with Crippen molar-refractivity contribution in [1.82, 2.24) is 5.32 Å². The van der Waals surface area contributed by atoms with Crippen molar-refractivity contribution in [3.63, 3.8) is 0 Å². The van der Waals surface area contributed by atoms with E-state index in [9.17, 15) is 4.79 Å². The van der Waals surface area contributed by atoms with Gasteiger partial charge in [0.25, 0.3) is 0 Å². The number of aryl methyl sites for hydroxylation is 1. The van der Waals surface area contributed by atoms with E-state index in [2.05, 4.69) is 10.6 Å². The molecule has 1 unspecified atom stereocenters. The smallest absolute Gasteiger partial charge is 0.225 e. The van der Waals surface area contributed by atoms with Gasteiger partial charge in [-0.15, -0.1) is 0 Å². The standard InChI is InChI=1S/C15H22N2O2/c1-12-4-6-13(7-5-12)17-15(18)8-9-16-11-14-3-2-10-19-14/h4-7,14,16H,2-3,8-11H2,1H3,(H,17,18). The second-order valence-corrected chi connectivity index (χ2v) is 5.00. The molecule has 0 radical (unpaired) electrons. The van der Waals surface area contributed by atoms with Crippen molar-refractivity contribution < 1.29 is 9.53 Å². The Morgan fingerprint density at radius 2 is 2.16 bits per heavy atom. The number of nitrogens with one attached hydrogen (secondary N) is 2. The zero-order valence-corrected chi connectivity index (χ0v) is 11.4. The maximum Gasteiger partial charge on any atom is 0.225 e. The summed E-state index contributed by atoms with van der Waals surface area (Å²) in [6.07, 6.45) is 3.10. The molecule has 1 aliphatic heterocycles. The number of ether oxygens (including phenoxy) is 1. The fourth-order valence-corrected chi connectivity index (χ4v) is 2.13. The molecule has 1 fully saturated rings. The number of carbonyl (C=O) groups is 1. The maximum atomic E-state index is 11.7. The molecule has 2 rings (SSSR count). The van der Waals surface area contributed by atoms with Crippen molar-refractivity contribution in [2.45, 2.75) is 32.3 Å². The molecule has 1 saturated heterocycles. The average Bonchev–Trinajstić information content (AvgIpc) is 2.91. The highest BCUT2D eigenvalue weighted by molar-refractivity contribution is 5.90. The van der Waals surface area contributed by atoms with Gasteiger partial charge >= 0.3 is 0 Å². The van der Waals surface area contributed by atoms with Crippen molar-refractivity contribution in [3.8, 4) is 0 Å². The lowest BCUT2D eigenvalue weighted by Gasteiger charge is -2.10. The van der Waals surface area contributed by atoms with E-state index in [1.165, 1.54) is 5.56 Å². The minimum atomic E-state index is 0.0451. The van der Waals surface area contributed by atoms with Crippen molar-refractivity contribution in [2.75, 3.05) is 25.0 Å². The monoisotopic (exact) mass is 262 g/mol. The Hall–Kier alpha value is -1.39. The third-order valence-electron chi connectivity index (χ3n) is 3.26. The van der Waals surface area contributed by atoms with Gasteiger partial charge in [0.1, 0.15) is 0 Å². The molecule has 0 aromatic heterocycles. The fourth-order valence-electron chi connectivity index (χ4n) is 2.13. The van der Waals surface area contributed by atoms with Crippen LogP contribution < -0.4 is 10.6 Å². The Morgan fingerprint density at radius 1 is 1.37 bits per heavy atom. The van der Waals surface area contributed by atoms with E-state index in [0.717, 1.165) is 31.7 Å². The SMILES string of the molecule is Cc1ccc(NC(=O)CCNCC2CCCO2)cc1. The summed E-state index contributed by atoms with van der Waals surface area (Å²) in [7, 11) is 0. The highest BCUT2D eigenvalue weighted by Gasteiger charge is 2.14. The lowest BCUT2D eigenvalue weighted by molar-refractivity contribution is -0.116. The first-order chi connectivity index (χ1) is 9.24. The number of carbonyl (C=O) groups excluding carboxylic acids is 1. The third-order valence-corrected chi connectivity index (χ3v) is 3.26. The molecule has 4 heteroatoms. The number of rotatable bonds is 6. The number of benzene rings is 1. The maximum absolute atomic E-state index is 11.7. The first-order valence-corrected chi connectivity index (χ1v) is 6.93. The van der Waals surface area contributed by atoms with Crippen LogP contribution in [-0.4, -0.2) is 31.7 Å². The quantitative estimate of drug-likeness (QED) is 0.772. The molecule has 1 atom stereocenters. The van der Waals surface area contributed by atoms with Crippen LogP contribution >= 0.6 is 0 Å². The van der Waals surface area contributed by atoms with E-state index >= 15 is 0 Å². The lowest BCUT2D eigenvalue weighted by atomic mass is 10.2. The molecule has 1 aromatic rings. The zero-order chi connectivity index (χ0) is 13.5. The highest BCUT2D eigenvalue weighted by Crippen LogP contribution is 2.10. The molecule has 0 bridgehead atoms. The zero-order valence-electron chi connectivity index (χ0n) is 11.4. The molecule has 4 nitrogen and oxygen atoms in total. The second kappa shape index (κ2) is 7.26. The van der Waals surface area contributed by atoms with E-state index in [-0.39, 0.29) is 5.91 Å². The first kappa shape index (κ1) is 14.0. The molecule has 1 amide bonds. The van der Waals surface area contributed by atoms with E-state index in [4.69, 9.17) is 4.74 Å². The summed E-state index contributed by atoms with van der Waals surface area (Å²) in [6, 6.07) is 7.83. The Bertz CT molecular complexity index is 397. The Balaban J connectivity index is 1.60. The van der Waals surface area contributed by atoms with Gasteiger partial charge in [-0.3, -0.25) is 4.79 Å². The topological polar surface area (TPSA) is 50.4 Å². The van der Waals surface area contributed by atoms with Crippen LogP contribution in [0.5, 0.6) is 0 Å². The van der Waals surface area contributed by atoms with Crippen molar-refractivity contribution in [2.24, 2.45) is 0 Å². The molecule has 1 heterocycles. The van der Waals surface area contributed by atoms with E-state index in [1.807, 2.05) is 31.2 Å². The summed E-state index contributed by atoms with van der Waals surface area (Å²) < 4.78 is 5.50. The van der Waals surface area contributed by atoms with Gasteiger partial charge in [0.15, 0.2) is 0 Å². The van der Waals surface area contributed by atoms with E-state index in [0.29, 0.717) is 19.1 Å². The van der Waals surface area contributed by atoms with E-state index in [1.54, 1.807) is 0 Å². The van der Waals surface area contributed by atoms with Crippen LogP contribution in [0.25, 0.3) is 0 Å². The molecule has 1 aliphatic rings. The summed E-state index contributed by atoms with van der Waals surface area (Å²) in [5.41, 5.74) is 2.05. The Morgan fingerprint density at radius 3 is 2.84 bits per heavy atom. The van der Waals surface area contributed by atoms with Gasteiger partial charge in [-0.2, -0.15) is 0 Å². The molecule has 19 heavy (non-hydrogen) atoms. The van der Waals surface area contributed by atoms with Gasteiger partial charge in [0.2, 0.25) is 5.91 Å². The van der Waals surface area contributed by atoms with E-state index < -0.39 is 0 Å². The molecule has 104 valence electrons. The lowest BCUT2D eigenvalue weighted by Crippen LogP contribution is -2.29. The molecular weight excluding hydrogens is 240 g/mol. The predicted molar refractivity (Wildman–Crippen MR) is 76.3 cm³/mol. The molecule has 0 aliphatic carbocycles. The van der Waals surface area contributed by atoms with Gasteiger partial charge in [-0.05, 0) is 31.9 Å². The highest BCUT2D eigenvalue weighted by atomic mass is 16.5. The van der Waals surface area contributed by atoms with Crippen molar-refractivity contribution in [3.05, 3.63) is 29.8 Å². The minimum Gasteiger partial charge on any atom is -0.377 e. The fraction of sp³-hybridized carbons (Fsp3) is 0.533. The second-order valence-electron chi connectivity index (χ2n) is 5.00. The average molecular weight is 262 g/mol. The largest absolute Gasteiger partial charge is 0.377 e. The third kappa shape index (κ3) is 5.01. The van der Waals surface area contributed by atoms with Crippen molar-refractivity contribution >= 4 is 11.6 Å². The van der Waals surface area contributed by atoms with Gasteiger partial charge in [0, 0.05) is 31.8 Å². The normalized spacial score (nSPS) is 18.5. The number of hydrogen-bond acceptors (Lipinski definition) is 3. The van der Waals surface area contributed by atoms with Crippen LogP contribution in [0.2, 0.25) is 0 Å². The molecule has 2 N–H and O–H groups in total. The van der Waals surface area contributed by atoms with Crippen LogP contribution in [0, 0.1) is 6.92 Å². The van der Waals surface area contributed by atoms with Gasteiger partial charge < -0.3 is 15.4 Å². The minimum absolute atomic E-state index is 0.0451. The van der Waals surface area contributed by atoms with Crippen LogP contribution in [-0.2, 0) is 9.53 Å². The summed E-state index contributed by atoms with van der Waals surface area (Å²) in [5, 5.41) is 6.15.